The van der Waals surface area contributed by atoms with Gasteiger partial charge in [-0.2, -0.15) is 0 Å². The summed E-state index contributed by atoms with van der Waals surface area (Å²) >= 11 is 0. The zero-order chi connectivity index (χ0) is 13.0. The average Bonchev–Trinajstić information content (AvgIpc) is 2.19. The smallest absolute Gasteiger partial charge is 0.0916 e. The van der Waals surface area contributed by atoms with Crippen LogP contribution in [0.3, 0.4) is 0 Å². The molecule has 0 spiro atoms. The fraction of sp³-hybridized carbons (Fsp3) is 0.538. The van der Waals surface area contributed by atoms with Gasteiger partial charge in [0.2, 0.25) is 0 Å². The number of benzene rings is 1. The lowest BCUT2D eigenvalue weighted by molar-refractivity contribution is 0.138. The maximum absolute atomic E-state index is 10.0. The Morgan fingerprint density at radius 1 is 1.18 bits per heavy atom. The second kappa shape index (κ2) is 6.00. The van der Waals surface area contributed by atoms with Crippen molar-refractivity contribution >= 4 is 5.69 Å². The Morgan fingerprint density at radius 3 is 2.35 bits per heavy atom. The number of rotatable bonds is 5. The molecule has 0 amide bonds. The molecule has 1 aromatic rings. The molecule has 0 aliphatic rings. The number of nitrogens with zero attached hydrogens (tertiary/aromatic N) is 2. The van der Waals surface area contributed by atoms with Crippen LogP contribution in [0.1, 0.15) is 17.2 Å². The number of aliphatic hydroxyl groups excluding tert-OH is 1. The van der Waals surface area contributed by atoms with Crippen LogP contribution in [0.15, 0.2) is 18.2 Å². The van der Waals surface area contributed by atoms with Crippen LogP contribution in [-0.4, -0.2) is 49.6 Å². The van der Waals surface area contributed by atoms with E-state index in [0.717, 1.165) is 23.4 Å². The Kier molecular flexibility index (Phi) is 4.93. The summed E-state index contributed by atoms with van der Waals surface area (Å²) in [6.07, 6.45) is -0.466. The molecule has 4 heteroatoms. The molecule has 0 bridgehead atoms. The third-order valence-electron chi connectivity index (χ3n) is 2.58. The Balaban J connectivity index is 2.87. The van der Waals surface area contributed by atoms with E-state index in [9.17, 15) is 5.11 Å². The molecule has 3 N–H and O–H groups in total. The summed E-state index contributed by atoms with van der Waals surface area (Å²) in [6.45, 7) is 1.40. The van der Waals surface area contributed by atoms with Gasteiger partial charge in [0, 0.05) is 18.8 Å². The monoisotopic (exact) mass is 237 g/mol. The van der Waals surface area contributed by atoms with Crippen molar-refractivity contribution < 1.29 is 5.11 Å². The summed E-state index contributed by atoms with van der Waals surface area (Å²) in [5.74, 6) is 0. The normalized spacial score (nSPS) is 13.4. The molecule has 0 aliphatic carbocycles. The first kappa shape index (κ1) is 14.0. The van der Waals surface area contributed by atoms with Crippen molar-refractivity contribution in [3.8, 4) is 0 Å². The van der Waals surface area contributed by atoms with Crippen LogP contribution in [-0.2, 0) is 6.54 Å². The van der Waals surface area contributed by atoms with Crippen molar-refractivity contribution in [1.82, 2.24) is 9.80 Å². The van der Waals surface area contributed by atoms with E-state index in [4.69, 9.17) is 5.73 Å². The number of nitrogens with two attached hydrogens (primary N) is 1. The van der Waals surface area contributed by atoms with E-state index in [2.05, 4.69) is 4.90 Å². The summed E-state index contributed by atoms with van der Waals surface area (Å²) in [4.78, 5) is 4.03. The van der Waals surface area contributed by atoms with Crippen molar-refractivity contribution in [2.45, 2.75) is 12.6 Å². The average molecular weight is 237 g/mol. The highest BCUT2D eigenvalue weighted by Gasteiger charge is 2.11. The third-order valence-corrected chi connectivity index (χ3v) is 2.58. The number of hydrogen-bond acceptors (Lipinski definition) is 4. The van der Waals surface area contributed by atoms with Crippen molar-refractivity contribution in [3.63, 3.8) is 0 Å². The van der Waals surface area contributed by atoms with Crippen molar-refractivity contribution in [2.75, 3.05) is 40.5 Å². The standard InChI is InChI=1S/C13H23N3O/c1-15(2)8-11-7-10(5-6-12(11)14)13(17)9-16(3)4/h5-7,13,17H,8-9,14H2,1-4H3. The lowest BCUT2D eigenvalue weighted by Crippen LogP contribution is -2.20. The van der Waals surface area contributed by atoms with Gasteiger partial charge in [0.25, 0.3) is 0 Å². The van der Waals surface area contributed by atoms with Crippen LogP contribution < -0.4 is 5.73 Å². The first-order valence-corrected chi connectivity index (χ1v) is 5.76. The molecule has 96 valence electrons. The lowest BCUT2D eigenvalue weighted by Gasteiger charge is -2.18. The first-order chi connectivity index (χ1) is 7.90. The fourth-order valence-electron chi connectivity index (χ4n) is 1.76. The third kappa shape index (κ3) is 4.34. The summed E-state index contributed by atoms with van der Waals surface area (Å²) < 4.78 is 0. The van der Waals surface area contributed by atoms with Gasteiger partial charge in [-0.3, -0.25) is 0 Å². The van der Waals surface area contributed by atoms with Gasteiger partial charge in [-0.1, -0.05) is 6.07 Å². The van der Waals surface area contributed by atoms with Crippen LogP contribution in [0.2, 0.25) is 0 Å². The van der Waals surface area contributed by atoms with Gasteiger partial charge in [-0.05, 0) is 51.5 Å². The SMILES string of the molecule is CN(C)Cc1cc(C(O)CN(C)C)ccc1N. The van der Waals surface area contributed by atoms with E-state index in [-0.39, 0.29) is 0 Å². The Bertz CT molecular complexity index is 364. The highest BCUT2D eigenvalue weighted by molar-refractivity contribution is 5.49. The molecule has 0 aliphatic heterocycles. The molecular weight excluding hydrogens is 214 g/mol. The van der Waals surface area contributed by atoms with Crippen LogP contribution in [0.25, 0.3) is 0 Å². The second-order valence-electron chi connectivity index (χ2n) is 4.97. The van der Waals surface area contributed by atoms with Crippen LogP contribution in [0.5, 0.6) is 0 Å². The molecule has 0 heterocycles. The van der Waals surface area contributed by atoms with Crippen molar-refractivity contribution in [2.24, 2.45) is 0 Å². The van der Waals surface area contributed by atoms with E-state index < -0.39 is 6.10 Å². The summed E-state index contributed by atoms with van der Waals surface area (Å²) in [6, 6.07) is 5.75. The van der Waals surface area contributed by atoms with Gasteiger partial charge in [-0.25, -0.2) is 0 Å². The first-order valence-electron chi connectivity index (χ1n) is 5.76. The van der Waals surface area contributed by atoms with E-state index in [0.29, 0.717) is 6.54 Å². The molecule has 0 aromatic heterocycles. The van der Waals surface area contributed by atoms with Gasteiger partial charge in [0.05, 0.1) is 6.10 Å². The quantitative estimate of drug-likeness (QED) is 0.748. The van der Waals surface area contributed by atoms with Gasteiger partial charge in [-0.15, -0.1) is 0 Å². The van der Waals surface area contributed by atoms with E-state index in [1.54, 1.807) is 0 Å². The number of hydrogen-bond donors (Lipinski definition) is 2. The topological polar surface area (TPSA) is 52.7 Å². The largest absolute Gasteiger partial charge is 0.398 e. The van der Waals surface area contributed by atoms with Crippen LogP contribution >= 0.6 is 0 Å². The maximum Gasteiger partial charge on any atom is 0.0916 e. The molecule has 0 saturated carbocycles. The number of anilines is 1. The van der Waals surface area contributed by atoms with Crippen LogP contribution in [0.4, 0.5) is 5.69 Å². The van der Waals surface area contributed by atoms with Gasteiger partial charge in [0.1, 0.15) is 0 Å². The minimum absolute atomic E-state index is 0.466. The van der Waals surface area contributed by atoms with E-state index in [1.165, 1.54) is 0 Å². The summed E-state index contributed by atoms with van der Waals surface area (Å²) in [5.41, 5.74) is 8.68. The summed E-state index contributed by atoms with van der Waals surface area (Å²) in [5, 5.41) is 10.0. The molecule has 1 rings (SSSR count). The minimum Gasteiger partial charge on any atom is -0.398 e. The summed E-state index contributed by atoms with van der Waals surface area (Å²) in [7, 11) is 7.90. The van der Waals surface area contributed by atoms with E-state index in [1.807, 2.05) is 51.3 Å². The molecule has 1 atom stereocenters. The van der Waals surface area contributed by atoms with Gasteiger partial charge >= 0.3 is 0 Å². The highest BCUT2D eigenvalue weighted by atomic mass is 16.3. The molecule has 1 aromatic carbocycles. The lowest BCUT2D eigenvalue weighted by atomic mass is 10.0. The molecule has 17 heavy (non-hydrogen) atoms. The zero-order valence-electron chi connectivity index (χ0n) is 11.1. The predicted octanol–water partition coefficient (Wildman–Crippen LogP) is 0.925. The molecular formula is C13H23N3O. The Hall–Kier alpha value is -1.10. The number of likely N-dealkylation sites (N-methyl/N-ethyl adjacent to an activating group) is 1. The van der Waals surface area contributed by atoms with Crippen molar-refractivity contribution in [1.29, 1.82) is 0 Å². The van der Waals surface area contributed by atoms with Crippen LogP contribution in [0, 0.1) is 0 Å². The van der Waals surface area contributed by atoms with Gasteiger partial charge in [0.15, 0.2) is 0 Å². The second-order valence-corrected chi connectivity index (χ2v) is 4.97. The zero-order valence-corrected chi connectivity index (χ0v) is 11.1. The Morgan fingerprint density at radius 2 is 1.82 bits per heavy atom. The molecule has 1 unspecified atom stereocenters. The molecule has 0 radical (unpaired) electrons. The Labute approximate surface area is 104 Å². The van der Waals surface area contributed by atoms with E-state index >= 15 is 0 Å². The fourth-order valence-corrected chi connectivity index (χ4v) is 1.76. The number of nitrogen functional groups attached to an aromatic ring is 1. The predicted molar refractivity (Wildman–Crippen MR) is 71.8 cm³/mol. The minimum atomic E-state index is -0.466. The molecule has 0 fully saturated rings. The highest BCUT2D eigenvalue weighted by Crippen LogP contribution is 2.20. The van der Waals surface area contributed by atoms with Crippen molar-refractivity contribution in [3.05, 3.63) is 29.3 Å². The maximum atomic E-state index is 10.0. The number of aliphatic hydroxyl groups is 1. The molecule has 0 saturated heterocycles. The molecule has 4 nitrogen and oxygen atoms in total. The van der Waals surface area contributed by atoms with Gasteiger partial charge < -0.3 is 20.6 Å².